The third-order valence-electron chi connectivity index (χ3n) is 3.42. The molecule has 0 unspecified atom stereocenters. The van der Waals surface area contributed by atoms with Crippen molar-refractivity contribution in [3.63, 3.8) is 0 Å². The van der Waals surface area contributed by atoms with Crippen molar-refractivity contribution in [3.05, 3.63) is 65.7 Å². The summed E-state index contributed by atoms with van der Waals surface area (Å²) in [7, 11) is 1.61. The van der Waals surface area contributed by atoms with E-state index in [1.54, 1.807) is 25.1 Å². The highest BCUT2D eigenvalue weighted by Crippen LogP contribution is 2.30. The Balaban J connectivity index is 1.41. The molecule has 144 valence electrons. The van der Waals surface area contributed by atoms with Gasteiger partial charge in [0.05, 0.1) is 19.1 Å². The number of rotatable bonds is 9. The Morgan fingerprint density at radius 1 is 1.14 bits per heavy atom. The van der Waals surface area contributed by atoms with Crippen molar-refractivity contribution in [2.24, 2.45) is 5.10 Å². The van der Waals surface area contributed by atoms with Crippen molar-refractivity contribution in [1.29, 1.82) is 0 Å². The predicted octanol–water partition coefficient (Wildman–Crippen LogP) is 4.08. The standard InChI is InChI=1S/C19H18N4O2S3/c1-25-16-9-5-8-15(10-16)11-20-21-17(24)13-27-19-23-22-18(28-19)26-12-14-6-3-2-4-7-14/h2-11H,12-13H2,1H3,(H,21,24). The molecule has 0 bridgehead atoms. The summed E-state index contributed by atoms with van der Waals surface area (Å²) in [5, 5.41) is 12.3. The van der Waals surface area contributed by atoms with E-state index in [1.807, 2.05) is 42.5 Å². The molecule has 1 aromatic heterocycles. The van der Waals surface area contributed by atoms with Crippen LogP contribution in [0.4, 0.5) is 0 Å². The van der Waals surface area contributed by atoms with Gasteiger partial charge in [0.1, 0.15) is 5.75 Å². The minimum atomic E-state index is -0.196. The molecule has 3 rings (SSSR count). The molecule has 28 heavy (non-hydrogen) atoms. The van der Waals surface area contributed by atoms with Gasteiger partial charge in [0.2, 0.25) is 0 Å². The molecule has 0 atom stereocenters. The molecule has 2 aromatic carbocycles. The summed E-state index contributed by atoms with van der Waals surface area (Å²) in [6, 6.07) is 17.6. The number of hydrazone groups is 1. The largest absolute Gasteiger partial charge is 0.497 e. The second-order valence-electron chi connectivity index (χ2n) is 5.47. The molecule has 0 aliphatic rings. The number of aromatic nitrogens is 2. The van der Waals surface area contributed by atoms with Crippen LogP contribution in [-0.4, -0.2) is 35.2 Å². The number of nitrogens with one attached hydrogen (secondary N) is 1. The van der Waals surface area contributed by atoms with Gasteiger partial charge >= 0.3 is 0 Å². The smallest absolute Gasteiger partial charge is 0.250 e. The number of nitrogens with zero attached hydrogens (tertiary/aromatic N) is 3. The number of carbonyl (C=O) groups is 1. The number of ether oxygens (including phenoxy) is 1. The second-order valence-corrected chi connectivity index (χ2v) is 8.89. The van der Waals surface area contributed by atoms with Crippen molar-refractivity contribution in [2.75, 3.05) is 12.9 Å². The maximum atomic E-state index is 11.9. The summed E-state index contributed by atoms with van der Waals surface area (Å²) in [6.45, 7) is 0. The zero-order chi connectivity index (χ0) is 19.6. The maximum absolute atomic E-state index is 11.9. The lowest BCUT2D eigenvalue weighted by Crippen LogP contribution is -2.19. The fourth-order valence-electron chi connectivity index (χ4n) is 2.09. The first-order valence-electron chi connectivity index (χ1n) is 8.32. The first-order chi connectivity index (χ1) is 13.7. The van der Waals surface area contributed by atoms with Gasteiger partial charge in [-0.05, 0) is 23.3 Å². The van der Waals surface area contributed by atoms with Crippen LogP contribution in [0.15, 0.2) is 68.4 Å². The molecule has 0 fully saturated rings. The van der Waals surface area contributed by atoms with E-state index in [2.05, 4.69) is 32.9 Å². The molecule has 0 aliphatic heterocycles. The van der Waals surface area contributed by atoms with Gasteiger partial charge in [0.15, 0.2) is 8.68 Å². The molecular formula is C19H18N4O2S3. The van der Waals surface area contributed by atoms with Crippen LogP contribution < -0.4 is 10.2 Å². The number of benzene rings is 2. The lowest BCUT2D eigenvalue weighted by molar-refractivity contribution is -0.118. The first-order valence-corrected chi connectivity index (χ1v) is 11.1. The third kappa shape index (κ3) is 6.66. The van der Waals surface area contributed by atoms with E-state index in [9.17, 15) is 4.79 Å². The molecule has 0 saturated heterocycles. The predicted molar refractivity (Wildman–Crippen MR) is 115 cm³/mol. The average molecular weight is 431 g/mol. The minimum absolute atomic E-state index is 0.196. The number of amides is 1. The summed E-state index contributed by atoms with van der Waals surface area (Å²) in [5.41, 5.74) is 4.60. The Hall–Kier alpha value is -2.36. The van der Waals surface area contributed by atoms with E-state index in [4.69, 9.17) is 4.74 Å². The fourth-order valence-corrected chi connectivity index (χ4v) is 4.86. The van der Waals surface area contributed by atoms with Crippen molar-refractivity contribution >= 4 is 47.0 Å². The number of carbonyl (C=O) groups excluding carboxylic acids is 1. The molecule has 1 N–H and O–H groups in total. The van der Waals surface area contributed by atoms with Gasteiger partial charge in [-0.1, -0.05) is 77.3 Å². The highest BCUT2D eigenvalue weighted by atomic mass is 32.2. The molecule has 9 heteroatoms. The topological polar surface area (TPSA) is 76.5 Å². The lowest BCUT2D eigenvalue weighted by Gasteiger charge is -2.00. The Morgan fingerprint density at radius 2 is 1.93 bits per heavy atom. The summed E-state index contributed by atoms with van der Waals surface area (Å²) in [4.78, 5) is 11.9. The van der Waals surface area contributed by atoms with Crippen LogP contribution in [0.25, 0.3) is 0 Å². The van der Waals surface area contributed by atoms with Crippen molar-refractivity contribution in [1.82, 2.24) is 15.6 Å². The normalized spacial score (nSPS) is 10.9. The van der Waals surface area contributed by atoms with E-state index in [-0.39, 0.29) is 11.7 Å². The zero-order valence-corrected chi connectivity index (χ0v) is 17.5. The maximum Gasteiger partial charge on any atom is 0.250 e. The second kappa shape index (κ2) is 10.8. The van der Waals surface area contributed by atoms with Gasteiger partial charge < -0.3 is 4.74 Å². The van der Waals surface area contributed by atoms with Gasteiger partial charge in [-0.25, -0.2) is 5.43 Å². The van der Waals surface area contributed by atoms with Crippen LogP contribution in [0.3, 0.4) is 0 Å². The average Bonchev–Trinajstić information content (AvgIpc) is 3.20. The summed E-state index contributed by atoms with van der Waals surface area (Å²) in [5.74, 6) is 1.62. The van der Waals surface area contributed by atoms with Crippen molar-refractivity contribution in [2.45, 2.75) is 14.4 Å². The molecule has 0 spiro atoms. The molecule has 6 nitrogen and oxygen atoms in total. The van der Waals surface area contributed by atoms with Crippen LogP contribution >= 0.6 is 34.9 Å². The van der Waals surface area contributed by atoms with Gasteiger partial charge in [0.25, 0.3) is 5.91 Å². The molecule has 0 saturated carbocycles. The number of hydrogen-bond donors (Lipinski definition) is 1. The quantitative estimate of drug-likeness (QED) is 0.313. The van der Waals surface area contributed by atoms with Gasteiger partial charge in [-0.2, -0.15) is 5.10 Å². The Kier molecular flexibility index (Phi) is 7.89. The zero-order valence-electron chi connectivity index (χ0n) is 15.1. The van der Waals surface area contributed by atoms with E-state index < -0.39 is 0 Å². The highest BCUT2D eigenvalue weighted by Gasteiger charge is 2.08. The SMILES string of the molecule is COc1cccc(C=NNC(=O)CSc2nnc(SCc3ccccc3)s2)c1. The first kappa shape index (κ1) is 20.4. The van der Waals surface area contributed by atoms with Crippen LogP contribution in [0.2, 0.25) is 0 Å². The van der Waals surface area contributed by atoms with E-state index in [0.29, 0.717) is 0 Å². The fraction of sp³-hybridized carbons (Fsp3) is 0.158. The lowest BCUT2D eigenvalue weighted by atomic mass is 10.2. The van der Waals surface area contributed by atoms with Crippen LogP contribution in [0.1, 0.15) is 11.1 Å². The monoisotopic (exact) mass is 430 g/mol. The molecule has 1 amide bonds. The Bertz CT molecular complexity index is 932. The number of hydrogen-bond acceptors (Lipinski definition) is 8. The van der Waals surface area contributed by atoms with Crippen LogP contribution in [0, 0.1) is 0 Å². The highest BCUT2D eigenvalue weighted by molar-refractivity contribution is 8.03. The minimum Gasteiger partial charge on any atom is -0.497 e. The molecular weight excluding hydrogens is 412 g/mol. The number of methoxy groups -OCH3 is 1. The summed E-state index contributed by atoms with van der Waals surface area (Å²) < 4.78 is 6.81. The van der Waals surface area contributed by atoms with Crippen LogP contribution in [-0.2, 0) is 10.5 Å². The third-order valence-corrected chi connectivity index (χ3v) is 6.68. The van der Waals surface area contributed by atoms with E-state index >= 15 is 0 Å². The van der Waals surface area contributed by atoms with Gasteiger partial charge in [-0.3, -0.25) is 4.79 Å². The van der Waals surface area contributed by atoms with Crippen molar-refractivity contribution in [3.8, 4) is 5.75 Å². The molecule has 0 radical (unpaired) electrons. The van der Waals surface area contributed by atoms with E-state index in [0.717, 1.165) is 25.7 Å². The summed E-state index contributed by atoms with van der Waals surface area (Å²) >= 11 is 4.48. The molecule has 0 aliphatic carbocycles. The van der Waals surface area contributed by atoms with Gasteiger partial charge in [-0.15, -0.1) is 10.2 Å². The number of thioether (sulfide) groups is 2. The molecule has 3 aromatic rings. The van der Waals surface area contributed by atoms with Crippen molar-refractivity contribution < 1.29 is 9.53 Å². The summed E-state index contributed by atoms with van der Waals surface area (Å²) in [6.07, 6.45) is 1.58. The van der Waals surface area contributed by atoms with Gasteiger partial charge in [0, 0.05) is 5.75 Å². The van der Waals surface area contributed by atoms with E-state index in [1.165, 1.54) is 28.7 Å². The molecule has 1 heterocycles. The van der Waals surface area contributed by atoms with Crippen LogP contribution in [0.5, 0.6) is 5.75 Å². The Labute approximate surface area is 175 Å². The Morgan fingerprint density at radius 3 is 2.71 bits per heavy atom.